The molecule has 240 valence electrons. The molecule has 2 N–H and O–H groups in total. The molecule has 2 unspecified atom stereocenters. The number of hydrogen-bond acceptors (Lipinski definition) is 10. The highest BCUT2D eigenvalue weighted by Gasteiger charge is 2.36. The summed E-state index contributed by atoms with van der Waals surface area (Å²) in [5.41, 5.74) is 3.17. The number of benzene rings is 1. The number of aliphatic imine (C=N–C) groups is 1. The fourth-order valence-electron chi connectivity index (χ4n) is 7.30. The first-order chi connectivity index (χ1) is 21.5. The van der Waals surface area contributed by atoms with Crippen LogP contribution in [0.1, 0.15) is 44.1 Å². The number of aliphatic hydroxyl groups is 1. The Labute approximate surface area is 266 Å². The lowest BCUT2D eigenvalue weighted by Crippen LogP contribution is -2.48. The summed E-state index contributed by atoms with van der Waals surface area (Å²) in [6, 6.07) is 6.37. The van der Waals surface area contributed by atoms with E-state index in [4.69, 9.17) is 14.7 Å². The van der Waals surface area contributed by atoms with Crippen molar-refractivity contribution in [2.75, 3.05) is 83.2 Å². The lowest BCUT2D eigenvalue weighted by atomic mass is 10.0. The number of likely N-dealkylation sites (tertiary alicyclic amines) is 2. The molecule has 3 fully saturated rings. The first-order valence-electron chi connectivity index (χ1n) is 16.5. The van der Waals surface area contributed by atoms with Gasteiger partial charge in [0.05, 0.1) is 24.8 Å². The van der Waals surface area contributed by atoms with Crippen molar-refractivity contribution in [1.82, 2.24) is 25.0 Å². The molecule has 4 aliphatic heterocycles. The second-order valence-electron chi connectivity index (χ2n) is 12.7. The molecule has 0 radical (unpaired) electrons. The maximum Gasteiger partial charge on any atom is 0.221 e. The first kappa shape index (κ1) is 31.4. The number of piperidine rings is 1. The summed E-state index contributed by atoms with van der Waals surface area (Å²) in [5, 5.41) is 15.5. The van der Waals surface area contributed by atoms with Gasteiger partial charge in [0.1, 0.15) is 11.4 Å². The molecule has 0 spiro atoms. The Hall–Kier alpha value is -2.60. The van der Waals surface area contributed by atoms with Gasteiger partial charge in [0.25, 0.3) is 0 Å². The zero-order valence-electron chi connectivity index (χ0n) is 26.4. The number of anilines is 1. The van der Waals surface area contributed by atoms with E-state index in [2.05, 4.69) is 44.0 Å². The minimum Gasteiger partial charge on any atom is -0.494 e. The molecule has 10 nitrogen and oxygen atoms in total. The smallest absolute Gasteiger partial charge is 0.221 e. The van der Waals surface area contributed by atoms with Crippen molar-refractivity contribution in [1.29, 1.82) is 0 Å². The number of aliphatic hydroxyl groups excluding tert-OH is 1. The Morgan fingerprint density at radius 3 is 2.70 bits per heavy atom. The van der Waals surface area contributed by atoms with Gasteiger partial charge in [0.15, 0.2) is 5.17 Å². The van der Waals surface area contributed by atoms with Crippen LogP contribution in [-0.4, -0.2) is 132 Å². The largest absolute Gasteiger partial charge is 0.494 e. The van der Waals surface area contributed by atoms with Crippen molar-refractivity contribution in [3.8, 4) is 5.75 Å². The summed E-state index contributed by atoms with van der Waals surface area (Å²) in [5.74, 6) is 1.91. The van der Waals surface area contributed by atoms with Gasteiger partial charge in [-0.25, -0.2) is 0 Å². The van der Waals surface area contributed by atoms with Crippen LogP contribution in [0, 0.1) is 6.92 Å². The maximum absolute atomic E-state index is 13.4. The molecule has 3 saturated heterocycles. The van der Waals surface area contributed by atoms with Gasteiger partial charge < -0.3 is 29.9 Å². The van der Waals surface area contributed by atoms with Crippen LogP contribution >= 0.6 is 11.8 Å². The fraction of sp³-hybridized carbons (Fsp3) is 0.667. The van der Waals surface area contributed by atoms with Crippen LogP contribution in [0.3, 0.4) is 0 Å². The van der Waals surface area contributed by atoms with Crippen LogP contribution in [0.5, 0.6) is 5.75 Å². The zero-order valence-corrected chi connectivity index (χ0v) is 27.2. The van der Waals surface area contributed by atoms with Gasteiger partial charge in [-0.1, -0.05) is 17.8 Å². The van der Waals surface area contributed by atoms with E-state index >= 15 is 0 Å². The van der Waals surface area contributed by atoms with Crippen LogP contribution < -0.4 is 15.0 Å². The Kier molecular flexibility index (Phi) is 10.5. The van der Waals surface area contributed by atoms with E-state index in [0.29, 0.717) is 13.0 Å². The summed E-state index contributed by atoms with van der Waals surface area (Å²) < 4.78 is 5.94. The number of ether oxygens (including phenoxy) is 1. The van der Waals surface area contributed by atoms with Crippen LogP contribution in [-0.2, 0) is 4.79 Å². The number of amidine groups is 1. The molecule has 4 aliphatic rings. The predicted octanol–water partition coefficient (Wildman–Crippen LogP) is 2.96. The van der Waals surface area contributed by atoms with Gasteiger partial charge in [-0.05, 0) is 69.8 Å². The second kappa shape index (κ2) is 14.7. The molecule has 6 rings (SSSR count). The van der Waals surface area contributed by atoms with Gasteiger partial charge in [-0.15, -0.1) is 0 Å². The Morgan fingerprint density at radius 1 is 1.09 bits per heavy atom. The molecular weight excluding hydrogens is 574 g/mol. The van der Waals surface area contributed by atoms with Crippen molar-refractivity contribution in [2.45, 2.75) is 63.6 Å². The van der Waals surface area contributed by atoms with Crippen molar-refractivity contribution < 1.29 is 14.6 Å². The summed E-state index contributed by atoms with van der Waals surface area (Å²) >= 11 is 1.82. The van der Waals surface area contributed by atoms with Crippen molar-refractivity contribution in [3.05, 3.63) is 30.0 Å². The highest BCUT2D eigenvalue weighted by atomic mass is 32.2. The number of pyridine rings is 1. The molecule has 1 aromatic carbocycles. The highest BCUT2D eigenvalue weighted by Crippen LogP contribution is 2.39. The summed E-state index contributed by atoms with van der Waals surface area (Å²) in [7, 11) is 1.75. The zero-order chi connectivity index (χ0) is 30.5. The Bertz CT molecular complexity index is 1310. The summed E-state index contributed by atoms with van der Waals surface area (Å²) in [4.78, 5) is 33.2. The van der Waals surface area contributed by atoms with E-state index in [1.807, 2.05) is 24.0 Å². The third-order valence-electron chi connectivity index (χ3n) is 9.71. The van der Waals surface area contributed by atoms with Gasteiger partial charge in [-0.2, -0.15) is 0 Å². The quantitative estimate of drug-likeness (QED) is 0.437. The number of aryl methyl sites for hydroxylation is 1. The molecule has 0 saturated carbocycles. The standard InChI is InChI=1S/C33H49N7O3S/c1-24-21-25-7-5-10-35-30(25)31(32(24)43-2)39-15-6-14-38(19-20-39)28(22-29(42)34-11-18-37-12-3-4-13-37)27-23-44-33(36-27)40-16-8-26(41)9-17-40/h5,7,10,21,26-28,41H,3-4,6,8-9,11-20,22-23H2,1-2H3,(H,34,42). The third-order valence-corrected chi connectivity index (χ3v) is 10.8. The van der Waals surface area contributed by atoms with Crippen LogP contribution in [0.25, 0.3) is 10.9 Å². The van der Waals surface area contributed by atoms with Crippen LogP contribution in [0.2, 0.25) is 0 Å². The van der Waals surface area contributed by atoms with Crippen molar-refractivity contribution >= 4 is 39.4 Å². The number of aromatic nitrogens is 1. The number of carbonyl (C=O) groups is 1. The van der Waals surface area contributed by atoms with Gasteiger partial charge in [0, 0.05) is 82.2 Å². The lowest BCUT2D eigenvalue weighted by Gasteiger charge is -2.33. The Balaban J connectivity index is 1.18. The second-order valence-corrected chi connectivity index (χ2v) is 13.7. The number of fused-ring (bicyclic) bond motifs is 1. The highest BCUT2D eigenvalue weighted by molar-refractivity contribution is 8.14. The molecule has 2 atom stereocenters. The number of carbonyl (C=O) groups excluding carboxylic acids is 1. The number of rotatable bonds is 9. The lowest BCUT2D eigenvalue weighted by molar-refractivity contribution is -0.122. The van der Waals surface area contributed by atoms with E-state index in [1.54, 1.807) is 7.11 Å². The monoisotopic (exact) mass is 623 g/mol. The molecule has 44 heavy (non-hydrogen) atoms. The average molecular weight is 624 g/mol. The minimum absolute atomic E-state index is 0.0383. The molecule has 0 aliphatic carbocycles. The first-order valence-corrected chi connectivity index (χ1v) is 17.5. The maximum atomic E-state index is 13.4. The van der Waals surface area contributed by atoms with E-state index in [9.17, 15) is 9.90 Å². The molecular formula is C33H49N7O3S. The number of amides is 1. The number of nitrogens with zero attached hydrogens (tertiary/aromatic N) is 6. The van der Waals surface area contributed by atoms with E-state index in [1.165, 1.54) is 12.8 Å². The van der Waals surface area contributed by atoms with Crippen LogP contribution in [0.4, 0.5) is 5.69 Å². The SMILES string of the molecule is COc1c(C)cc2cccnc2c1N1CCCN(C(CC(=O)NCCN2CCCC2)C2CSC(N3CCC(O)CC3)=N2)CC1. The van der Waals surface area contributed by atoms with Crippen LogP contribution in [0.15, 0.2) is 29.4 Å². The molecule has 0 bridgehead atoms. The van der Waals surface area contributed by atoms with Gasteiger partial charge in [-0.3, -0.25) is 19.7 Å². The third kappa shape index (κ3) is 7.27. The fourth-order valence-corrected chi connectivity index (χ4v) is 8.49. The topological polar surface area (TPSA) is 96.8 Å². The summed E-state index contributed by atoms with van der Waals surface area (Å²) in [6.45, 7) is 11.2. The van der Waals surface area contributed by atoms with Gasteiger partial charge in [0.2, 0.25) is 5.91 Å². The number of methoxy groups -OCH3 is 1. The molecule has 5 heterocycles. The summed E-state index contributed by atoms with van der Waals surface area (Å²) in [6.07, 6.45) is 7.21. The minimum atomic E-state index is -0.203. The molecule has 11 heteroatoms. The molecule has 1 amide bonds. The van der Waals surface area contributed by atoms with E-state index < -0.39 is 0 Å². The Morgan fingerprint density at radius 2 is 1.91 bits per heavy atom. The van der Waals surface area contributed by atoms with Crippen molar-refractivity contribution in [3.63, 3.8) is 0 Å². The normalized spacial score (nSPS) is 23.2. The average Bonchev–Trinajstić information content (AvgIpc) is 3.68. The molecule has 2 aromatic rings. The van der Waals surface area contributed by atoms with E-state index in [-0.39, 0.29) is 24.1 Å². The molecule has 1 aromatic heterocycles. The number of thioether (sulfide) groups is 1. The predicted molar refractivity (Wildman–Crippen MR) is 179 cm³/mol. The van der Waals surface area contributed by atoms with Crippen molar-refractivity contribution in [2.24, 2.45) is 4.99 Å². The number of nitrogens with one attached hydrogen (secondary N) is 1. The van der Waals surface area contributed by atoms with E-state index in [0.717, 1.165) is 117 Å². The number of hydrogen-bond donors (Lipinski definition) is 2. The van der Waals surface area contributed by atoms with Gasteiger partial charge >= 0.3 is 0 Å².